The van der Waals surface area contributed by atoms with Crippen molar-refractivity contribution in [3.8, 4) is 0 Å². The van der Waals surface area contributed by atoms with Crippen molar-refractivity contribution in [3.63, 3.8) is 0 Å². The number of ether oxygens (including phenoxy) is 1. The molecule has 0 spiro atoms. The van der Waals surface area contributed by atoms with Crippen LogP contribution in [-0.2, 0) is 21.3 Å². The Kier molecular flexibility index (Phi) is 6.20. The molecule has 0 bridgehead atoms. The zero-order valence-corrected chi connectivity index (χ0v) is 13.2. The Hall–Kier alpha value is -0.710. The van der Waals surface area contributed by atoms with Crippen LogP contribution < -0.4 is 5.32 Å². The molecule has 112 valence electrons. The Balaban J connectivity index is 1.98. The summed E-state index contributed by atoms with van der Waals surface area (Å²) in [5.74, 6) is 0.625. The van der Waals surface area contributed by atoms with Crippen molar-refractivity contribution >= 4 is 10.8 Å². The number of hydrogen-bond acceptors (Lipinski definition) is 3. The van der Waals surface area contributed by atoms with Crippen LogP contribution in [0.15, 0.2) is 24.3 Å². The quantitative estimate of drug-likeness (QED) is 0.876. The summed E-state index contributed by atoms with van der Waals surface area (Å²) >= 11 is 0. The van der Waals surface area contributed by atoms with Crippen molar-refractivity contribution in [1.29, 1.82) is 0 Å². The van der Waals surface area contributed by atoms with Crippen molar-refractivity contribution in [2.24, 2.45) is 0 Å². The predicted molar refractivity (Wildman–Crippen MR) is 84.3 cm³/mol. The molecule has 0 radical (unpaired) electrons. The summed E-state index contributed by atoms with van der Waals surface area (Å²) in [7, 11) is -0.887. The Morgan fingerprint density at radius 1 is 1.45 bits per heavy atom. The first kappa shape index (κ1) is 15.7. The summed E-state index contributed by atoms with van der Waals surface area (Å²) in [5.41, 5.74) is 2.38. The second-order valence-electron chi connectivity index (χ2n) is 5.48. The van der Waals surface area contributed by atoms with Crippen molar-refractivity contribution in [2.45, 2.75) is 43.7 Å². The predicted octanol–water partition coefficient (Wildman–Crippen LogP) is 2.40. The number of hydrogen-bond donors (Lipinski definition) is 1. The molecule has 0 aliphatic carbocycles. The van der Waals surface area contributed by atoms with Crippen LogP contribution in [0.25, 0.3) is 0 Å². The highest BCUT2D eigenvalue weighted by atomic mass is 32.2. The van der Waals surface area contributed by atoms with Crippen LogP contribution in [0.3, 0.4) is 0 Å². The summed E-state index contributed by atoms with van der Waals surface area (Å²) in [6, 6.07) is 8.61. The summed E-state index contributed by atoms with van der Waals surface area (Å²) in [6.45, 7) is 6.61. The lowest BCUT2D eigenvalue weighted by atomic mass is 10.1. The van der Waals surface area contributed by atoms with Gasteiger partial charge >= 0.3 is 0 Å². The third-order valence-electron chi connectivity index (χ3n) is 3.69. The fraction of sp³-hybridized carbons (Fsp3) is 0.625. The third kappa shape index (κ3) is 4.40. The monoisotopic (exact) mass is 295 g/mol. The van der Waals surface area contributed by atoms with Crippen LogP contribution in [0.4, 0.5) is 0 Å². The SMILES string of the molecule is CCCNC1CCOCC1S(=O)Cc1cccc(C)c1. The van der Waals surface area contributed by atoms with Gasteiger partial charge in [-0.25, -0.2) is 0 Å². The first-order chi connectivity index (χ1) is 9.70. The molecule has 3 atom stereocenters. The number of nitrogens with one attached hydrogen (secondary N) is 1. The zero-order chi connectivity index (χ0) is 14.4. The minimum absolute atomic E-state index is 0.107. The molecule has 4 heteroatoms. The van der Waals surface area contributed by atoms with Gasteiger partial charge in [0, 0.05) is 29.2 Å². The van der Waals surface area contributed by atoms with E-state index in [2.05, 4.69) is 37.4 Å². The van der Waals surface area contributed by atoms with E-state index in [1.807, 2.05) is 6.07 Å². The van der Waals surface area contributed by atoms with Gasteiger partial charge in [-0.05, 0) is 31.9 Å². The van der Waals surface area contributed by atoms with Gasteiger partial charge in [0.05, 0.1) is 11.9 Å². The highest BCUT2D eigenvalue weighted by Gasteiger charge is 2.30. The fourth-order valence-electron chi connectivity index (χ4n) is 2.61. The maximum Gasteiger partial charge on any atom is 0.0738 e. The molecule has 3 nitrogen and oxygen atoms in total. The van der Waals surface area contributed by atoms with Crippen molar-refractivity contribution in [1.82, 2.24) is 5.32 Å². The van der Waals surface area contributed by atoms with E-state index >= 15 is 0 Å². The van der Waals surface area contributed by atoms with Gasteiger partial charge < -0.3 is 10.1 Å². The molecule has 0 aromatic heterocycles. The van der Waals surface area contributed by atoms with E-state index in [4.69, 9.17) is 4.74 Å². The van der Waals surface area contributed by atoms with Gasteiger partial charge in [-0.1, -0.05) is 36.8 Å². The second-order valence-corrected chi connectivity index (χ2v) is 7.13. The van der Waals surface area contributed by atoms with Crippen LogP contribution in [0, 0.1) is 6.92 Å². The first-order valence-corrected chi connectivity index (χ1v) is 8.82. The van der Waals surface area contributed by atoms with Gasteiger partial charge in [0.1, 0.15) is 0 Å². The minimum atomic E-state index is -0.887. The van der Waals surface area contributed by atoms with Crippen molar-refractivity contribution in [3.05, 3.63) is 35.4 Å². The minimum Gasteiger partial charge on any atom is -0.380 e. The largest absolute Gasteiger partial charge is 0.380 e. The van der Waals surface area contributed by atoms with E-state index in [1.165, 1.54) is 5.56 Å². The molecule has 1 saturated heterocycles. The Labute approximate surface area is 124 Å². The zero-order valence-electron chi connectivity index (χ0n) is 12.4. The molecule has 0 amide bonds. The summed E-state index contributed by atoms with van der Waals surface area (Å²) < 4.78 is 18.2. The van der Waals surface area contributed by atoms with Crippen molar-refractivity contribution in [2.75, 3.05) is 19.8 Å². The molecule has 1 heterocycles. The normalized spacial score (nSPS) is 24.5. The first-order valence-electron chi connectivity index (χ1n) is 7.44. The number of benzene rings is 1. The molecular weight excluding hydrogens is 270 g/mol. The molecule has 20 heavy (non-hydrogen) atoms. The van der Waals surface area contributed by atoms with Crippen LogP contribution >= 0.6 is 0 Å². The van der Waals surface area contributed by atoms with Crippen LogP contribution in [-0.4, -0.2) is 35.3 Å². The Morgan fingerprint density at radius 2 is 2.30 bits per heavy atom. The molecule has 2 rings (SSSR count). The summed E-state index contributed by atoms with van der Waals surface area (Å²) in [5, 5.41) is 3.63. The fourth-order valence-corrected chi connectivity index (χ4v) is 4.18. The molecule has 1 fully saturated rings. The second kappa shape index (κ2) is 7.91. The van der Waals surface area contributed by atoms with Crippen LogP contribution in [0.2, 0.25) is 0 Å². The highest BCUT2D eigenvalue weighted by molar-refractivity contribution is 7.84. The van der Waals surface area contributed by atoms with Crippen LogP contribution in [0.5, 0.6) is 0 Å². The standard InChI is InChI=1S/C16H25NO2S/c1-3-8-17-15-7-9-19-11-16(15)20(18)12-14-6-4-5-13(2)10-14/h4-6,10,15-17H,3,7-9,11-12H2,1-2H3. The molecule has 0 saturated carbocycles. The van der Waals surface area contributed by atoms with Crippen LogP contribution in [0.1, 0.15) is 30.9 Å². The van der Waals surface area contributed by atoms with E-state index in [0.717, 1.165) is 31.6 Å². The molecule has 3 unspecified atom stereocenters. The maximum atomic E-state index is 12.6. The summed E-state index contributed by atoms with van der Waals surface area (Å²) in [4.78, 5) is 0. The van der Waals surface area contributed by atoms with E-state index in [1.54, 1.807) is 0 Å². The van der Waals surface area contributed by atoms with E-state index in [0.29, 0.717) is 18.4 Å². The molecule has 1 N–H and O–H groups in total. The van der Waals surface area contributed by atoms with Gasteiger partial charge in [0.25, 0.3) is 0 Å². The Bertz CT molecular complexity index is 450. The molecule has 1 aliphatic rings. The van der Waals surface area contributed by atoms with Gasteiger partial charge in [0.15, 0.2) is 0 Å². The maximum absolute atomic E-state index is 12.6. The number of rotatable bonds is 6. The molecular formula is C16H25NO2S. The molecule has 1 aromatic carbocycles. The van der Waals surface area contributed by atoms with Gasteiger partial charge in [-0.2, -0.15) is 0 Å². The van der Waals surface area contributed by atoms with E-state index < -0.39 is 10.8 Å². The van der Waals surface area contributed by atoms with E-state index in [9.17, 15) is 4.21 Å². The lowest BCUT2D eigenvalue weighted by Crippen LogP contribution is -2.49. The van der Waals surface area contributed by atoms with Gasteiger partial charge in [0.2, 0.25) is 0 Å². The molecule has 1 aliphatic heterocycles. The average Bonchev–Trinajstić information content (AvgIpc) is 2.45. The smallest absolute Gasteiger partial charge is 0.0738 e. The lowest BCUT2D eigenvalue weighted by molar-refractivity contribution is 0.0820. The third-order valence-corrected chi connectivity index (χ3v) is 5.45. The molecule has 1 aromatic rings. The topological polar surface area (TPSA) is 38.3 Å². The van der Waals surface area contributed by atoms with E-state index in [-0.39, 0.29) is 5.25 Å². The summed E-state index contributed by atoms with van der Waals surface area (Å²) in [6.07, 6.45) is 2.07. The average molecular weight is 295 g/mol. The lowest BCUT2D eigenvalue weighted by Gasteiger charge is -2.31. The van der Waals surface area contributed by atoms with Crippen molar-refractivity contribution < 1.29 is 8.95 Å². The van der Waals surface area contributed by atoms with Gasteiger partial charge in [-0.15, -0.1) is 0 Å². The van der Waals surface area contributed by atoms with Gasteiger partial charge in [-0.3, -0.25) is 4.21 Å². The highest BCUT2D eigenvalue weighted by Crippen LogP contribution is 2.17. The Morgan fingerprint density at radius 3 is 3.05 bits per heavy atom. The number of aryl methyl sites for hydroxylation is 1.